The smallest absolute Gasteiger partial charge is 0.341 e. The van der Waals surface area contributed by atoms with E-state index in [4.69, 9.17) is 5.11 Å². The van der Waals surface area contributed by atoms with Crippen molar-refractivity contribution in [2.45, 2.75) is 6.42 Å². The van der Waals surface area contributed by atoms with E-state index < -0.39 is 40.4 Å². The van der Waals surface area contributed by atoms with Gasteiger partial charge in [0.05, 0.1) is 0 Å². The molecule has 0 aliphatic rings. The zero-order chi connectivity index (χ0) is 14.9. The number of carbonyl (C=O) groups is 1. The minimum absolute atomic E-state index is 0.383. The first-order valence-corrected chi connectivity index (χ1v) is 5.55. The van der Waals surface area contributed by atoms with Gasteiger partial charge in [0.15, 0.2) is 23.3 Å². The summed E-state index contributed by atoms with van der Waals surface area (Å²) in [6.45, 7) is 0. The maximum atomic E-state index is 13.7. The van der Waals surface area contributed by atoms with Gasteiger partial charge in [-0.1, -0.05) is 30.3 Å². The van der Waals surface area contributed by atoms with Crippen LogP contribution in [0.3, 0.4) is 0 Å². The largest absolute Gasteiger partial charge is 0.477 e. The molecule has 2 aromatic rings. The lowest BCUT2D eigenvalue weighted by Crippen LogP contribution is -2.13. The topological polar surface area (TPSA) is 37.3 Å². The highest BCUT2D eigenvalue weighted by Gasteiger charge is 2.28. The molecule has 0 aliphatic carbocycles. The molecule has 104 valence electrons. The first-order valence-electron chi connectivity index (χ1n) is 5.55. The van der Waals surface area contributed by atoms with E-state index in [0.29, 0.717) is 5.56 Å². The maximum absolute atomic E-state index is 13.7. The molecular formula is C14H8F4O2. The summed E-state index contributed by atoms with van der Waals surface area (Å²) >= 11 is 0. The molecule has 0 spiro atoms. The zero-order valence-electron chi connectivity index (χ0n) is 9.96. The summed E-state index contributed by atoms with van der Waals surface area (Å²) in [6.07, 6.45) is -0.383. The molecule has 0 saturated heterocycles. The molecule has 0 fully saturated rings. The summed E-state index contributed by atoms with van der Waals surface area (Å²) in [6, 6.07) is 7.93. The van der Waals surface area contributed by atoms with Crippen molar-refractivity contribution in [1.29, 1.82) is 0 Å². The summed E-state index contributed by atoms with van der Waals surface area (Å²) in [5.41, 5.74) is -2.03. The third-order valence-corrected chi connectivity index (χ3v) is 2.79. The van der Waals surface area contributed by atoms with Crippen LogP contribution in [0.15, 0.2) is 30.3 Å². The second-order valence-corrected chi connectivity index (χ2v) is 4.08. The highest BCUT2D eigenvalue weighted by molar-refractivity contribution is 5.88. The van der Waals surface area contributed by atoms with Crippen LogP contribution in [0, 0.1) is 23.3 Å². The summed E-state index contributed by atoms with van der Waals surface area (Å²) in [5.74, 6) is -9.25. The van der Waals surface area contributed by atoms with Crippen LogP contribution < -0.4 is 0 Å². The van der Waals surface area contributed by atoms with Crippen LogP contribution in [0.5, 0.6) is 0 Å². The van der Waals surface area contributed by atoms with E-state index in [1.807, 2.05) is 0 Å². The van der Waals surface area contributed by atoms with Crippen LogP contribution >= 0.6 is 0 Å². The van der Waals surface area contributed by atoms with Gasteiger partial charge in [0.1, 0.15) is 5.56 Å². The molecule has 0 unspecified atom stereocenters. The van der Waals surface area contributed by atoms with E-state index in [0.717, 1.165) is 0 Å². The average molecular weight is 284 g/mol. The number of carboxylic acids is 1. The zero-order valence-corrected chi connectivity index (χ0v) is 9.96. The molecule has 1 N–H and O–H groups in total. The number of hydrogen-bond acceptors (Lipinski definition) is 1. The molecule has 2 rings (SSSR count). The molecular weight excluding hydrogens is 276 g/mol. The lowest BCUT2D eigenvalue weighted by molar-refractivity contribution is 0.0683. The molecule has 0 bridgehead atoms. The van der Waals surface area contributed by atoms with Gasteiger partial charge in [0.2, 0.25) is 0 Å². The molecule has 0 saturated carbocycles. The van der Waals surface area contributed by atoms with Gasteiger partial charge in [-0.25, -0.2) is 22.4 Å². The number of halogens is 4. The first-order chi connectivity index (χ1) is 9.43. The Morgan fingerprint density at radius 2 is 1.40 bits per heavy atom. The van der Waals surface area contributed by atoms with Crippen molar-refractivity contribution in [3.63, 3.8) is 0 Å². The summed E-state index contributed by atoms with van der Waals surface area (Å²) in [7, 11) is 0. The van der Waals surface area contributed by atoms with Crippen molar-refractivity contribution in [1.82, 2.24) is 0 Å². The fourth-order valence-corrected chi connectivity index (χ4v) is 1.82. The molecule has 0 radical (unpaired) electrons. The Labute approximate surface area is 111 Å². The van der Waals surface area contributed by atoms with Crippen molar-refractivity contribution in [3.8, 4) is 0 Å². The van der Waals surface area contributed by atoms with Crippen LogP contribution in [-0.2, 0) is 6.42 Å². The summed E-state index contributed by atoms with van der Waals surface area (Å²) in [4.78, 5) is 10.6. The van der Waals surface area contributed by atoms with E-state index >= 15 is 0 Å². The van der Waals surface area contributed by atoms with Crippen molar-refractivity contribution < 1.29 is 27.5 Å². The highest BCUT2D eigenvalue weighted by atomic mass is 19.2. The van der Waals surface area contributed by atoms with Crippen LogP contribution in [0.1, 0.15) is 21.5 Å². The van der Waals surface area contributed by atoms with Crippen LogP contribution in [-0.4, -0.2) is 11.1 Å². The lowest BCUT2D eigenvalue weighted by Gasteiger charge is -2.09. The maximum Gasteiger partial charge on any atom is 0.341 e. The van der Waals surface area contributed by atoms with Gasteiger partial charge in [-0.05, 0) is 5.56 Å². The standard InChI is InChI=1S/C14H8F4O2/c15-10-8(6-7-4-2-1-3-5-7)11(16)13(18)9(12(10)17)14(19)20/h1-5H,6H2,(H,19,20). The molecule has 2 aromatic carbocycles. The van der Waals surface area contributed by atoms with E-state index in [2.05, 4.69) is 0 Å². The Morgan fingerprint density at radius 1 is 0.900 bits per heavy atom. The van der Waals surface area contributed by atoms with E-state index in [1.54, 1.807) is 18.2 Å². The number of carboxylic acid groups (broad SMARTS) is 1. The molecule has 0 aliphatic heterocycles. The van der Waals surface area contributed by atoms with E-state index in [-0.39, 0.29) is 6.42 Å². The number of aromatic carboxylic acids is 1. The Bertz CT molecular complexity index is 640. The van der Waals surface area contributed by atoms with Gasteiger partial charge in [-0.15, -0.1) is 0 Å². The number of hydrogen-bond donors (Lipinski definition) is 1. The van der Waals surface area contributed by atoms with Crippen LogP contribution in [0.2, 0.25) is 0 Å². The fourth-order valence-electron chi connectivity index (χ4n) is 1.82. The van der Waals surface area contributed by atoms with Gasteiger partial charge in [0, 0.05) is 12.0 Å². The third-order valence-electron chi connectivity index (χ3n) is 2.79. The first kappa shape index (κ1) is 14.0. The third kappa shape index (κ3) is 2.36. The average Bonchev–Trinajstić information content (AvgIpc) is 2.42. The van der Waals surface area contributed by atoms with Gasteiger partial charge in [-0.2, -0.15) is 0 Å². The van der Waals surface area contributed by atoms with Crippen molar-refractivity contribution in [2.75, 3.05) is 0 Å². The Hall–Kier alpha value is -2.37. The van der Waals surface area contributed by atoms with Gasteiger partial charge >= 0.3 is 5.97 Å². The van der Waals surface area contributed by atoms with E-state index in [1.165, 1.54) is 12.1 Å². The fraction of sp³-hybridized carbons (Fsp3) is 0.0714. The van der Waals surface area contributed by atoms with Gasteiger partial charge in [-0.3, -0.25) is 0 Å². The van der Waals surface area contributed by atoms with Crippen LogP contribution in [0.4, 0.5) is 17.6 Å². The van der Waals surface area contributed by atoms with Gasteiger partial charge in [0.25, 0.3) is 0 Å². The van der Waals surface area contributed by atoms with Gasteiger partial charge < -0.3 is 5.11 Å². The molecule has 20 heavy (non-hydrogen) atoms. The van der Waals surface area contributed by atoms with Crippen molar-refractivity contribution in [2.24, 2.45) is 0 Å². The SMILES string of the molecule is O=C(O)c1c(F)c(F)c(Cc2ccccc2)c(F)c1F. The molecule has 0 heterocycles. The molecule has 2 nitrogen and oxygen atoms in total. The summed E-state index contributed by atoms with van der Waals surface area (Å²) < 4.78 is 54.4. The van der Waals surface area contributed by atoms with E-state index in [9.17, 15) is 22.4 Å². The number of rotatable bonds is 3. The Morgan fingerprint density at radius 3 is 1.85 bits per heavy atom. The number of benzene rings is 2. The predicted molar refractivity (Wildman–Crippen MR) is 62.5 cm³/mol. The second kappa shape index (κ2) is 5.32. The quantitative estimate of drug-likeness (QED) is 0.691. The van der Waals surface area contributed by atoms with Crippen LogP contribution in [0.25, 0.3) is 0 Å². The lowest BCUT2D eigenvalue weighted by atomic mass is 10.0. The normalized spacial score (nSPS) is 10.6. The second-order valence-electron chi connectivity index (χ2n) is 4.08. The monoisotopic (exact) mass is 284 g/mol. The minimum atomic E-state index is -2.07. The Kier molecular flexibility index (Phi) is 3.74. The van der Waals surface area contributed by atoms with Crippen molar-refractivity contribution >= 4 is 5.97 Å². The van der Waals surface area contributed by atoms with Crippen molar-refractivity contribution in [3.05, 3.63) is 70.3 Å². The Balaban J connectivity index is 2.58. The molecule has 0 amide bonds. The summed E-state index contributed by atoms with van der Waals surface area (Å²) in [5, 5.41) is 8.56. The molecule has 6 heteroatoms. The minimum Gasteiger partial charge on any atom is -0.477 e. The predicted octanol–water partition coefficient (Wildman–Crippen LogP) is 3.53. The highest BCUT2D eigenvalue weighted by Crippen LogP contribution is 2.26. The molecule has 0 atom stereocenters. The molecule has 0 aromatic heterocycles.